The Bertz CT molecular complexity index is 193. The van der Waals surface area contributed by atoms with Crippen LogP contribution in [0, 0.1) is 11.8 Å². The third kappa shape index (κ3) is 2.54. The zero-order valence-corrected chi connectivity index (χ0v) is 10.1. The molecule has 0 aromatic carbocycles. The maximum Gasteiger partial charge on any atom is 0.0123 e. The molecule has 3 atom stereocenters. The summed E-state index contributed by atoms with van der Waals surface area (Å²) >= 11 is 0. The number of fused-ring (bicyclic) bond motifs is 1. The van der Waals surface area contributed by atoms with Crippen LogP contribution in [0.1, 0.15) is 44.9 Å². The average Bonchev–Trinajstić information content (AvgIpc) is 2.48. The standard InChI is InChI=1S/C13H26N2/c1-15-10-8-11(7-9-14)12-5-3-2-4-6-13(12)15/h11-13H,2-10,14H2,1H3. The van der Waals surface area contributed by atoms with Gasteiger partial charge in [0, 0.05) is 6.04 Å². The molecule has 0 amide bonds. The van der Waals surface area contributed by atoms with Crippen molar-refractivity contribution in [1.82, 2.24) is 4.90 Å². The average molecular weight is 210 g/mol. The second-order valence-electron chi connectivity index (χ2n) is 5.48. The van der Waals surface area contributed by atoms with E-state index >= 15 is 0 Å². The molecule has 2 rings (SSSR count). The fraction of sp³-hybridized carbons (Fsp3) is 1.00. The molecule has 2 N–H and O–H groups in total. The highest BCUT2D eigenvalue weighted by atomic mass is 15.1. The quantitative estimate of drug-likeness (QED) is 0.757. The maximum absolute atomic E-state index is 5.74. The van der Waals surface area contributed by atoms with E-state index in [1.54, 1.807) is 0 Å². The highest BCUT2D eigenvalue weighted by molar-refractivity contribution is 4.89. The van der Waals surface area contributed by atoms with Crippen LogP contribution in [0.4, 0.5) is 0 Å². The van der Waals surface area contributed by atoms with E-state index in [0.29, 0.717) is 0 Å². The summed E-state index contributed by atoms with van der Waals surface area (Å²) in [5, 5.41) is 0. The van der Waals surface area contributed by atoms with E-state index in [9.17, 15) is 0 Å². The summed E-state index contributed by atoms with van der Waals surface area (Å²) in [4.78, 5) is 2.61. The Kier molecular flexibility index (Phi) is 4.04. The van der Waals surface area contributed by atoms with Crippen molar-refractivity contribution in [2.24, 2.45) is 17.6 Å². The second-order valence-corrected chi connectivity index (χ2v) is 5.48. The Hall–Kier alpha value is -0.0800. The predicted molar refractivity (Wildman–Crippen MR) is 64.8 cm³/mol. The van der Waals surface area contributed by atoms with Crippen molar-refractivity contribution in [3.63, 3.8) is 0 Å². The van der Waals surface area contributed by atoms with Gasteiger partial charge in [0.05, 0.1) is 0 Å². The first-order valence-corrected chi connectivity index (χ1v) is 6.73. The largest absolute Gasteiger partial charge is 0.330 e. The second kappa shape index (κ2) is 5.31. The minimum Gasteiger partial charge on any atom is -0.330 e. The maximum atomic E-state index is 5.74. The molecule has 1 aliphatic carbocycles. The van der Waals surface area contributed by atoms with Gasteiger partial charge in [-0.3, -0.25) is 0 Å². The monoisotopic (exact) mass is 210 g/mol. The Morgan fingerprint density at radius 1 is 1.13 bits per heavy atom. The van der Waals surface area contributed by atoms with Crippen molar-refractivity contribution in [2.75, 3.05) is 20.1 Å². The lowest BCUT2D eigenvalue weighted by Gasteiger charge is -2.43. The first-order chi connectivity index (χ1) is 7.33. The zero-order chi connectivity index (χ0) is 10.7. The number of piperidine rings is 1. The summed E-state index contributed by atoms with van der Waals surface area (Å²) in [5.41, 5.74) is 5.74. The van der Waals surface area contributed by atoms with Crippen LogP contribution in [0.3, 0.4) is 0 Å². The van der Waals surface area contributed by atoms with Crippen LogP contribution < -0.4 is 5.73 Å². The van der Waals surface area contributed by atoms with Gasteiger partial charge in [0.25, 0.3) is 0 Å². The molecule has 88 valence electrons. The van der Waals surface area contributed by atoms with Gasteiger partial charge in [-0.25, -0.2) is 0 Å². The molecule has 2 fully saturated rings. The third-order valence-corrected chi connectivity index (χ3v) is 4.59. The Balaban J connectivity index is 2.04. The molecular weight excluding hydrogens is 184 g/mol. The summed E-state index contributed by atoms with van der Waals surface area (Å²) in [6.45, 7) is 2.18. The van der Waals surface area contributed by atoms with Gasteiger partial charge in [-0.15, -0.1) is 0 Å². The lowest BCUT2D eigenvalue weighted by Crippen LogP contribution is -2.46. The van der Waals surface area contributed by atoms with Crippen molar-refractivity contribution in [1.29, 1.82) is 0 Å². The summed E-state index contributed by atoms with van der Waals surface area (Å²) < 4.78 is 0. The molecule has 0 aromatic heterocycles. The molecule has 1 saturated carbocycles. The smallest absolute Gasteiger partial charge is 0.0123 e. The van der Waals surface area contributed by atoms with Gasteiger partial charge in [0.15, 0.2) is 0 Å². The zero-order valence-electron chi connectivity index (χ0n) is 10.1. The van der Waals surface area contributed by atoms with Crippen molar-refractivity contribution in [3.05, 3.63) is 0 Å². The van der Waals surface area contributed by atoms with E-state index in [0.717, 1.165) is 24.4 Å². The Morgan fingerprint density at radius 3 is 2.73 bits per heavy atom. The third-order valence-electron chi connectivity index (χ3n) is 4.59. The summed E-state index contributed by atoms with van der Waals surface area (Å²) in [6.07, 6.45) is 9.89. The van der Waals surface area contributed by atoms with Crippen LogP contribution in [0.2, 0.25) is 0 Å². The lowest BCUT2D eigenvalue weighted by atomic mass is 9.75. The van der Waals surface area contributed by atoms with Crippen LogP contribution in [0.5, 0.6) is 0 Å². The molecule has 2 heteroatoms. The summed E-state index contributed by atoms with van der Waals surface area (Å²) in [5.74, 6) is 1.88. The van der Waals surface area contributed by atoms with Crippen LogP contribution >= 0.6 is 0 Å². The predicted octanol–water partition coefficient (Wildman–Crippen LogP) is 2.24. The molecule has 0 bridgehead atoms. The van der Waals surface area contributed by atoms with E-state index in [1.807, 2.05) is 0 Å². The lowest BCUT2D eigenvalue weighted by molar-refractivity contribution is 0.0604. The molecular formula is C13H26N2. The highest BCUT2D eigenvalue weighted by Gasteiger charge is 2.35. The molecule has 0 aromatic rings. The minimum atomic E-state index is 0.873. The summed E-state index contributed by atoms with van der Waals surface area (Å²) in [6, 6.07) is 0.873. The van der Waals surface area contributed by atoms with Gasteiger partial charge in [-0.1, -0.05) is 19.3 Å². The summed E-state index contributed by atoms with van der Waals surface area (Å²) in [7, 11) is 2.32. The number of hydrogen-bond acceptors (Lipinski definition) is 2. The van der Waals surface area contributed by atoms with Crippen LogP contribution in [-0.4, -0.2) is 31.1 Å². The van der Waals surface area contributed by atoms with Crippen molar-refractivity contribution >= 4 is 0 Å². The van der Waals surface area contributed by atoms with Crippen molar-refractivity contribution in [2.45, 2.75) is 51.0 Å². The molecule has 1 aliphatic heterocycles. The van der Waals surface area contributed by atoms with Gasteiger partial charge in [0.2, 0.25) is 0 Å². The number of likely N-dealkylation sites (tertiary alicyclic amines) is 1. The van der Waals surface area contributed by atoms with E-state index in [4.69, 9.17) is 5.73 Å². The number of nitrogens with zero attached hydrogens (tertiary/aromatic N) is 1. The van der Waals surface area contributed by atoms with Crippen LogP contribution in [0.25, 0.3) is 0 Å². The van der Waals surface area contributed by atoms with Crippen LogP contribution in [0.15, 0.2) is 0 Å². The van der Waals surface area contributed by atoms with E-state index in [2.05, 4.69) is 11.9 Å². The van der Waals surface area contributed by atoms with Gasteiger partial charge < -0.3 is 10.6 Å². The number of rotatable bonds is 2. The first-order valence-electron chi connectivity index (χ1n) is 6.73. The van der Waals surface area contributed by atoms with E-state index in [-0.39, 0.29) is 0 Å². The van der Waals surface area contributed by atoms with Gasteiger partial charge in [-0.05, 0) is 57.7 Å². The van der Waals surface area contributed by atoms with Crippen molar-refractivity contribution < 1.29 is 0 Å². The Morgan fingerprint density at radius 2 is 1.93 bits per heavy atom. The first kappa shape index (κ1) is 11.4. The normalized spacial score (nSPS) is 38.4. The number of nitrogens with two attached hydrogens (primary N) is 1. The topological polar surface area (TPSA) is 29.3 Å². The molecule has 2 aliphatic rings. The molecule has 15 heavy (non-hydrogen) atoms. The Labute approximate surface area is 94.2 Å². The van der Waals surface area contributed by atoms with Gasteiger partial charge in [-0.2, -0.15) is 0 Å². The molecule has 2 nitrogen and oxygen atoms in total. The van der Waals surface area contributed by atoms with Gasteiger partial charge >= 0.3 is 0 Å². The molecule has 3 unspecified atom stereocenters. The number of hydrogen-bond donors (Lipinski definition) is 1. The van der Waals surface area contributed by atoms with E-state index < -0.39 is 0 Å². The highest BCUT2D eigenvalue weighted by Crippen LogP contribution is 2.38. The fourth-order valence-electron chi connectivity index (χ4n) is 3.74. The molecule has 1 heterocycles. The van der Waals surface area contributed by atoms with Crippen molar-refractivity contribution in [3.8, 4) is 0 Å². The van der Waals surface area contributed by atoms with Gasteiger partial charge in [0.1, 0.15) is 0 Å². The van der Waals surface area contributed by atoms with Crippen LogP contribution in [-0.2, 0) is 0 Å². The SMILES string of the molecule is CN1CCC(CCN)C2CCCCCC21. The molecule has 1 saturated heterocycles. The molecule has 0 spiro atoms. The van der Waals surface area contributed by atoms with E-state index in [1.165, 1.54) is 51.5 Å². The fourth-order valence-corrected chi connectivity index (χ4v) is 3.74. The minimum absolute atomic E-state index is 0.873. The molecule has 0 radical (unpaired) electrons.